The quantitative estimate of drug-likeness (QED) is 0.629. The zero-order chi connectivity index (χ0) is 18.7. The van der Waals surface area contributed by atoms with E-state index in [1.54, 1.807) is 43.3 Å². The fraction of sp³-hybridized carbons (Fsp3) is 0.105. The molecule has 0 atom stereocenters. The van der Waals surface area contributed by atoms with Gasteiger partial charge in [-0.2, -0.15) is 0 Å². The van der Waals surface area contributed by atoms with Crippen LogP contribution in [0.3, 0.4) is 0 Å². The highest BCUT2D eigenvalue weighted by Crippen LogP contribution is 2.23. The first-order valence-electron chi connectivity index (χ1n) is 7.87. The van der Waals surface area contributed by atoms with Crippen molar-refractivity contribution < 1.29 is 4.79 Å². The van der Waals surface area contributed by atoms with Gasteiger partial charge in [-0.1, -0.05) is 29.3 Å². The maximum Gasteiger partial charge on any atom is 0.274 e. The largest absolute Gasteiger partial charge is 0.324 e. The van der Waals surface area contributed by atoms with E-state index in [1.807, 2.05) is 19.1 Å². The number of carbonyl (C=O) groups excluding carboxylic acids is 1. The van der Waals surface area contributed by atoms with E-state index >= 15 is 0 Å². The van der Waals surface area contributed by atoms with Crippen LogP contribution in [-0.2, 0) is 0 Å². The van der Waals surface area contributed by atoms with Crippen LogP contribution in [0, 0.1) is 13.8 Å². The van der Waals surface area contributed by atoms with Gasteiger partial charge in [0.05, 0.1) is 0 Å². The van der Waals surface area contributed by atoms with Gasteiger partial charge < -0.3 is 10.6 Å². The van der Waals surface area contributed by atoms with Crippen molar-refractivity contribution >= 4 is 46.4 Å². The van der Waals surface area contributed by atoms with Crippen LogP contribution in [-0.4, -0.2) is 15.9 Å². The monoisotopic (exact) mass is 386 g/mol. The number of aromatic nitrogens is 2. The number of hydrogen-bond donors (Lipinski definition) is 2. The summed E-state index contributed by atoms with van der Waals surface area (Å²) in [4.78, 5) is 21.2. The molecule has 2 aromatic carbocycles. The van der Waals surface area contributed by atoms with Crippen LogP contribution in [0.4, 0.5) is 17.3 Å². The van der Waals surface area contributed by atoms with Gasteiger partial charge in [-0.3, -0.25) is 4.79 Å². The first-order chi connectivity index (χ1) is 12.4. The minimum Gasteiger partial charge on any atom is -0.324 e. The number of anilines is 3. The zero-order valence-corrected chi connectivity index (χ0v) is 15.7. The molecule has 1 amide bonds. The Labute approximate surface area is 161 Å². The van der Waals surface area contributed by atoms with Gasteiger partial charge in [-0.25, -0.2) is 9.97 Å². The molecule has 3 rings (SSSR count). The molecule has 0 saturated carbocycles. The molecule has 0 fully saturated rings. The topological polar surface area (TPSA) is 66.9 Å². The molecule has 0 unspecified atom stereocenters. The first kappa shape index (κ1) is 18.2. The van der Waals surface area contributed by atoms with E-state index in [9.17, 15) is 4.79 Å². The second kappa shape index (κ2) is 7.72. The molecule has 0 aliphatic carbocycles. The van der Waals surface area contributed by atoms with Gasteiger partial charge in [0.1, 0.15) is 5.69 Å². The Morgan fingerprint density at radius 1 is 1.00 bits per heavy atom. The van der Waals surface area contributed by atoms with Crippen molar-refractivity contribution in [2.24, 2.45) is 0 Å². The lowest BCUT2D eigenvalue weighted by atomic mass is 10.2. The van der Waals surface area contributed by atoms with Crippen LogP contribution in [0.2, 0.25) is 10.0 Å². The third-order valence-electron chi connectivity index (χ3n) is 3.70. The van der Waals surface area contributed by atoms with E-state index in [4.69, 9.17) is 23.2 Å². The van der Waals surface area contributed by atoms with Crippen LogP contribution in [0.25, 0.3) is 0 Å². The SMILES string of the molecule is Cc1cc(C(=O)Nc2cccc(Cl)c2C)nc(Nc2ccc(Cl)cc2)n1. The highest BCUT2D eigenvalue weighted by atomic mass is 35.5. The normalized spacial score (nSPS) is 10.5. The molecule has 1 heterocycles. The first-order valence-corrected chi connectivity index (χ1v) is 8.63. The van der Waals surface area contributed by atoms with Crippen molar-refractivity contribution in [3.05, 3.63) is 75.5 Å². The number of carbonyl (C=O) groups is 1. The van der Waals surface area contributed by atoms with Crippen LogP contribution < -0.4 is 10.6 Å². The minimum atomic E-state index is -0.333. The third kappa shape index (κ3) is 4.31. The van der Waals surface area contributed by atoms with Gasteiger partial charge in [0, 0.05) is 27.1 Å². The summed E-state index contributed by atoms with van der Waals surface area (Å²) in [5.74, 6) is 0.000288. The number of hydrogen-bond acceptors (Lipinski definition) is 4. The van der Waals surface area contributed by atoms with Crippen LogP contribution in [0.15, 0.2) is 48.5 Å². The van der Waals surface area contributed by atoms with Gasteiger partial charge in [0.15, 0.2) is 0 Å². The molecule has 3 aromatic rings. The fourth-order valence-electron chi connectivity index (χ4n) is 2.33. The number of benzene rings is 2. The Morgan fingerprint density at radius 3 is 2.46 bits per heavy atom. The van der Waals surface area contributed by atoms with Gasteiger partial charge in [-0.05, 0) is 61.9 Å². The predicted molar refractivity (Wildman–Crippen MR) is 106 cm³/mol. The summed E-state index contributed by atoms with van der Waals surface area (Å²) in [5.41, 5.74) is 3.15. The highest BCUT2D eigenvalue weighted by Gasteiger charge is 2.13. The number of aryl methyl sites for hydroxylation is 1. The second-order valence-electron chi connectivity index (χ2n) is 5.72. The molecule has 0 bridgehead atoms. The zero-order valence-electron chi connectivity index (χ0n) is 14.2. The molecule has 0 aliphatic rings. The maximum atomic E-state index is 12.6. The average molecular weight is 387 g/mol. The maximum absolute atomic E-state index is 12.6. The van der Waals surface area contributed by atoms with Crippen molar-refractivity contribution in [3.8, 4) is 0 Å². The number of amides is 1. The number of nitrogens with one attached hydrogen (secondary N) is 2. The molecule has 2 N–H and O–H groups in total. The summed E-state index contributed by atoms with van der Waals surface area (Å²) in [5, 5.41) is 7.13. The summed E-state index contributed by atoms with van der Waals surface area (Å²) in [6.07, 6.45) is 0. The highest BCUT2D eigenvalue weighted by molar-refractivity contribution is 6.31. The molecule has 26 heavy (non-hydrogen) atoms. The van der Waals surface area contributed by atoms with Crippen LogP contribution in [0.1, 0.15) is 21.7 Å². The average Bonchev–Trinajstić information content (AvgIpc) is 2.60. The number of rotatable bonds is 4. The van der Waals surface area contributed by atoms with Gasteiger partial charge in [0.2, 0.25) is 5.95 Å². The lowest BCUT2D eigenvalue weighted by Crippen LogP contribution is -2.16. The molecule has 0 aliphatic heterocycles. The van der Waals surface area contributed by atoms with Crippen molar-refractivity contribution in [1.29, 1.82) is 0 Å². The number of halogens is 2. The van der Waals surface area contributed by atoms with E-state index in [0.717, 1.165) is 11.3 Å². The Kier molecular flexibility index (Phi) is 5.40. The molecular formula is C19H16Cl2N4O. The lowest BCUT2D eigenvalue weighted by molar-refractivity contribution is 0.102. The Morgan fingerprint density at radius 2 is 1.73 bits per heavy atom. The Balaban J connectivity index is 1.83. The van der Waals surface area contributed by atoms with Gasteiger partial charge >= 0.3 is 0 Å². The molecular weight excluding hydrogens is 371 g/mol. The summed E-state index contributed by atoms with van der Waals surface area (Å²) < 4.78 is 0. The van der Waals surface area contributed by atoms with Gasteiger partial charge in [0.25, 0.3) is 5.91 Å². The summed E-state index contributed by atoms with van der Waals surface area (Å²) in [6, 6.07) is 14.1. The van der Waals surface area contributed by atoms with Crippen molar-refractivity contribution in [3.63, 3.8) is 0 Å². The molecule has 0 saturated heterocycles. The van der Waals surface area contributed by atoms with E-state index in [0.29, 0.717) is 27.4 Å². The predicted octanol–water partition coefficient (Wildman–Crippen LogP) is 5.40. The third-order valence-corrected chi connectivity index (χ3v) is 4.36. The Bertz CT molecular complexity index is 958. The summed E-state index contributed by atoms with van der Waals surface area (Å²) in [7, 11) is 0. The molecule has 7 heteroatoms. The minimum absolute atomic E-state index is 0.258. The standard InChI is InChI=1S/C19H16Cl2N4O/c1-11-10-17(18(26)24-16-5-3-4-15(21)12(16)2)25-19(22-11)23-14-8-6-13(20)7-9-14/h3-10H,1-2H3,(H,24,26)(H,22,23,25). The second-order valence-corrected chi connectivity index (χ2v) is 6.56. The van der Waals surface area contributed by atoms with Crippen molar-refractivity contribution in [1.82, 2.24) is 9.97 Å². The number of nitrogens with zero attached hydrogens (tertiary/aromatic N) is 2. The molecule has 132 valence electrons. The summed E-state index contributed by atoms with van der Waals surface area (Å²) >= 11 is 12.0. The van der Waals surface area contributed by atoms with E-state index < -0.39 is 0 Å². The summed E-state index contributed by atoms with van der Waals surface area (Å²) in [6.45, 7) is 3.65. The van der Waals surface area contributed by atoms with Crippen molar-refractivity contribution in [2.75, 3.05) is 10.6 Å². The van der Waals surface area contributed by atoms with E-state index in [-0.39, 0.29) is 11.6 Å². The van der Waals surface area contributed by atoms with E-state index in [2.05, 4.69) is 20.6 Å². The molecule has 0 radical (unpaired) electrons. The van der Waals surface area contributed by atoms with Crippen LogP contribution in [0.5, 0.6) is 0 Å². The fourth-order valence-corrected chi connectivity index (χ4v) is 2.63. The molecule has 0 spiro atoms. The lowest BCUT2D eigenvalue weighted by Gasteiger charge is -2.11. The van der Waals surface area contributed by atoms with Gasteiger partial charge in [-0.15, -0.1) is 0 Å². The van der Waals surface area contributed by atoms with E-state index in [1.165, 1.54) is 0 Å². The Hall–Kier alpha value is -2.63. The molecule has 1 aromatic heterocycles. The smallest absolute Gasteiger partial charge is 0.274 e. The van der Waals surface area contributed by atoms with Crippen molar-refractivity contribution in [2.45, 2.75) is 13.8 Å². The molecule has 5 nitrogen and oxygen atoms in total. The van der Waals surface area contributed by atoms with Crippen LogP contribution >= 0.6 is 23.2 Å².